The summed E-state index contributed by atoms with van der Waals surface area (Å²) in [4.78, 5) is 20.2. The molecule has 9 nitrogen and oxygen atoms in total. The van der Waals surface area contributed by atoms with Crippen molar-refractivity contribution in [1.82, 2.24) is 19.9 Å². The first kappa shape index (κ1) is 22.1. The maximum Gasteiger partial charge on any atom is 0.224 e. The summed E-state index contributed by atoms with van der Waals surface area (Å²) in [7, 11) is 3.22. The summed E-state index contributed by atoms with van der Waals surface area (Å²) in [5, 5.41) is 0. The van der Waals surface area contributed by atoms with Crippen LogP contribution >= 0.6 is 0 Å². The maximum absolute atomic E-state index is 5.93. The topological polar surface area (TPSA) is 131 Å². The van der Waals surface area contributed by atoms with Gasteiger partial charge in [0.15, 0.2) is 28.5 Å². The van der Waals surface area contributed by atoms with Crippen LogP contribution in [0.1, 0.15) is 26.7 Å². The standard InChI is InChI=1S/C20H26N6O2.H2O/c1-5-9-26(10-6-2)19-17-18(24-20(21)25-19)22-12-14(23-17)13-7-8-15(27-3)16(11-13)28-4;/h7-8,11-12H,5-6,9-10H2,1-4H3,(H2,21,22,24,25);1H2. The van der Waals surface area contributed by atoms with Crippen LogP contribution in [0.4, 0.5) is 11.8 Å². The van der Waals surface area contributed by atoms with Gasteiger partial charge in [0.25, 0.3) is 0 Å². The SMILES string of the molecule is CCCN(CCC)c1nc(N)nc2ncc(-c3ccc(OC)c(OC)c3)nc12.O. The van der Waals surface area contributed by atoms with Crippen molar-refractivity contribution in [2.24, 2.45) is 0 Å². The van der Waals surface area contributed by atoms with Gasteiger partial charge in [-0.05, 0) is 31.0 Å². The molecule has 29 heavy (non-hydrogen) atoms. The Bertz CT molecular complexity index is 960. The first-order valence-corrected chi connectivity index (χ1v) is 9.38. The molecule has 0 saturated carbocycles. The number of methoxy groups -OCH3 is 2. The van der Waals surface area contributed by atoms with E-state index in [1.165, 1.54) is 0 Å². The minimum absolute atomic E-state index is 0. The summed E-state index contributed by atoms with van der Waals surface area (Å²) in [6.45, 7) is 6.00. The Hall–Kier alpha value is -3.20. The number of fused-ring (bicyclic) bond motifs is 1. The zero-order chi connectivity index (χ0) is 20.1. The molecule has 0 aliphatic carbocycles. The molecule has 0 spiro atoms. The van der Waals surface area contributed by atoms with Gasteiger partial charge >= 0.3 is 0 Å². The van der Waals surface area contributed by atoms with Gasteiger partial charge in [-0.1, -0.05) is 13.8 Å². The Labute approximate surface area is 170 Å². The van der Waals surface area contributed by atoms with E-state index in [9.17, 15) is 0 Å². The van der Waals surface area contributed by atoms with Crippen molar-refractivity contribution in [3.8, 4) is 22.8 Å². The largest absolute Gasteiger partial charge is 0.493 e. The van der Waals surface area contributed by atoms with Crippen molar-refractivity contribution >= 4 is 22.9 Å². The van der Waals surface area contributed by atoms with E-state index >= 15 is 0 Å². The quantitative estimate of drug-likeness (QED) is 0.610. The van der Waals surface area contributed by atoms with E-state index in [0.29, 0.717) is 28.4 Å². The Morgan fingerprint density at radius 1 is 0.966 bits per heavy atom. The van der Waals surface area contributed by atoms with E-state index in [2.05, 4.69) is 33.7 Å². The number of anilines is 2. The molecule has 3 rings (SSSR count). The lowest BCUT2D eigenvalue weighted by Crippen LogP contribution is -2.27. The summed E-state index contributed by atoms with van der Waals surface area (Å²) in [6, 6.07) is 5.65. The molecule has 0 aliphatic heterocycles. The van der Waals surface area contributed by atoms with E-state index in [-0.39, 0.29) is 11.4 Å². The third-order valence-corrected chi connectivity index (χ3v) is 4.37. The minimum atomic E-state index is 0. The van der Waals surface area contributed by atoms with Gasteiger partial charge < -0.3 is 25.6 Å². The molecule has 3 aromatic rings. The van der Waals surface area contributed by atoms with Gasteiger partial charge in [-0.15, -0.1) is 0 Å². The van der Waals surface area contributed by atoms with Crippen LogP contribution < -0.4 is 20.1 Å². The van der Waals surface area contributed by atoms with Crippen molar-refractivity contribution in [1.29, 1.82) is 0 Å². The van der Waals surface area contributed by atoms with Gasteiger partial charge in [0, 0.05) is 18.7 Å². The van der Waals surface area contributed by atoms with Gasteiger partial charge in [0.2, 0.25) is 5.95 Å². The molecular weight excluding hydrogens is 372 g/mol. The number of nitrogens with zero attached hydrogens (tertiary/aromatic N) is 5. The smallest absolute Gasteiger partial charge is 0.224 e. The molecule has 0 radical (unpaired) electrons. The van der Waals surface area contributed by atoms with E-state index in [1.54, 1.807) is 20.4 Å². The Morgan fingerprint density at radius 2 is 1.66 bits per heavy atom. The lowest BCUT2D eigenvalue weighted by Gasteiger charge is -2.23. The van der Waals surface area contributed by atoms with Crippen LogP contribution in [0.3, 0.4) is 0 Å². The molecule has 2 aromatic heterocycles. The predicted molar refractivity (Wildman–Crippen MR) is 114 cm³/mol. The van der Waals surface area contributed by atoms with E-state index < -0.39 is 0 Å². The fraction of sp³-hybridized carbons (Fsp3) is 0.400. The Morgan fingerprint density at radius 3 is 2.28 bits per heavy atom. The van der Waals surface area contributed by atoms with Gasteiger partial charge in [0.05, 0.1) is 26.1 Å². The second kappa shape index (κ2) is 9.83. The number of benzene rings is 1. The number of aromatic nitrogens is 4. The lowest BCUT2D eigenvalue weighted by molar-refractivity contribution is 0.355. The van der Waals surface area contributed by atoms with Crippen LogP contribution in [0.2, 0.25) is 0 Å². The van der Waals surface area contributed by atoms with Crippen LogP contribution in [0.5, 0.6) is 11.5 Å². The van der Waals surface area contributed by atoms with Gasteiger partial charge in [0.1, 0.15) is 0 Å². The molecule has 156 valence electrons. The van der Waals surface area contributed by atoms with E-state index in [1.807, 2.05) is 18.2 Å². The fourth-order valence-corrected chi connectivity index (χ4v) is 3.13. The second-order valence-corrected chi connectivity index (χ2v) is 6.39. The zero-order valence-corrected chi connectivity index (χ0v) is 17.3. The van der Waals surface area contributed by atoms with Gasteiger partial charge in [-0.2, -0.15) is 9.97 Å². The van der Waals surface area contributed by atoms with Crippen LogP contribution in [0.25, 0.3) is 22.4 Å². The molecule has 9 heteroatoms. The average molecular weight is 400 g/mol. The highest BCUT2D eigenvalue weighted by atomic mass is 16.5. The molecule has 0 unspecified atom stereocenters. The molecule has 0 fully saturated rings. The van der Waals surface area contributed by atoms with Crippen molar-refractivity contribution in [3.63, 3.8) is 0 Å². The Balaban J connectivity index is 0.00000300. The van der Waals surface area contributed by atoms with Crippen LogP contribution in [-0.4, -0.2) is 52.7 Å². The molecule has 4 N–H and O–H groups in total. The monoisotopic (exact) mass is 400 g/mol. The highest BCUT2D eigenvalue weighted by Gasteiger charge is 2.17. The van der Waals surface area contributed by atoms with Crippen molar-refractivity contribution in [2.75, 3.05) is 37.9 Å². The lowest BCUT2D eigenvalue weighted by atomic mass is 10.1. The highest BCUT2D eigenvalue weighted by molar-refractivity contribution is 5.85. The second-order valence-electron chi connectivity index (χ2n) is 6.39. The Kier molecular flexibility index (Phi) is 7.49. The summed E-state index contributed by atoms with van der Waals surface area (Å²) in [6.07, 6.45) is 3.67. The van der Waals surface area contributed by atoms with Crippen molar-refractivity contribution in [3.05, 3.63) is 24.4 Å². The summed E-state index contributed by atoms with van der Waals surface area (Å²) in [5.41, 5.74) is 8.63. The predicted octanol–water partition coefficient (Wildman–Crippen LogP) is 2.49. The summed E-state index contributed by atoms with van der Waals surface area (Å²) < 4.78 is 10.7. The van der Waals surface area contributed by atoms with Crippen molar-refractivity contribution in [2.45, 2.75) is 26.7 Å². The third-order valence-electron chi connectivity index (χ3n) is 4.37. The number of nitrogens with two attached hydrogens (primary N) is 1. The molecule has 1 aromatic carbocycles. The first-order valence-electron chi connectivity index (χ1n) is 9.38. The fourth-order valence-electron chi connectivity index (χ4n) is 3.13. The molecule has 0 bridgehead atoms. The first-order chi connectivity index (χ1) is 13.6. The minimum Gasteiger partial charge on any atom is -0.493 e. The van der Waals surface area contributed by atoms with Crippen molar-refractivity contribution < 1.29 is 14.9 Å². The van der Waals surface area contributed by atoms with E-state index in [4.69, 9.17) is 20.2 Å². The summed E-state index contributed by atoms with van der Waals surface area (Å²) in [5.74, 6) is 2.22. The third kappa shape index (κ3) is 4.62. The average Bonchev–Trinajstić information content (AvgIpc) is 2.72. The van der Waals surface area contributed by atoms with Gasteiger partial charge in [-0.25, -0.2) is 9.97 Å². The normalized spacial score (nSPS) is 10.5. The summed E-state index contributed by atoms with van der Waals surface area (Å²) >= 11 is 0. The van der Waals surface area contributed by atoms with E-state index in [0.717, 1.165) is 37.3 Å². The number of hydrogen-bond donors (Lipinski definition) is 1. The number of nitrogen functional groups attached to an aromatic ring is 1. The van der Waals surface area contributed by atoms with Gasteiger partial charge in [-0.3, -0.25) is 0 Å². The zero-order valence-electron chi connectivity index (χ0n) is 17.3. The highest BCUT2D eigenvalue weighted by Crippen LogP contribution is 2.32. The maximum atomic E-state index is 5.93. The van der Waals surface area contributed by atoms with Crippen LogP contribution in [0.15, 0.2) is 24.4 Å². The molecule has 0 saturated heterocycles. The molecule has 2 heterocycles. The number of hydrogen-bond acceptors (Lipinski definition) is 8. The number of rotatable bonds is 8. The molecule has 0 atom stereocenters. The number of ether oxygens (including phenoxy) is 2. The van der Waals surface area contributed by atoms with Crippen LogP contribution in [-0.2, 0) is 0 Å². The molecule has 0 amide bonds. The molecular formula is C20H28N6O3. The van der Waals surface area contributed by atoms with Crippen LogP contribution in [0, 0.1) is 0 Å². The molecule has 0 aliphatic rings.